The van der Waals surface area contributed by atoms with Crippen LogP contribution in [0.2, 0.25) is 0 Å². The molecule has 6 nitrogen and oxygen atoms in total. The smallest absolute Gasteiger partial charge is 0.286 e. The minimum Gasteiger partial charge on any atom is -0.374 e. The summed E-state index contributed by atoms with van der Waals surface area (Å²) >= 11 is 1.04. The van der Waals surface area contributed by atoms with Crippen molar-refractivity contribution in [2.45, 2.75) is 6.92 Å². The second-order valence-corrected chi connectivity index (χ2v) is 4.05. The number of aromatic nitrogens is 3. The van der Waals surface area contributed by atoms with Crippen molar-refractivity contribution in [1.82, 2.24) is 15.2 Å². The van der Waals surface area contributed by atoms with Gasteiger partial charge < -0.3 is 11.1 Å². The largest absolute Gasteiger partial charge is 0.374 e. The van der Waals surface area contributed by atoms with Crippen LogP contribution in [0.5, 0.6) is 0 Å². The molecule has 0 saturated carbocycles. The lowest BCUT2D eigenvalue weighted by Gasteiger charge is -2.04. The molecule has 1 amide bonds. The van der Waals surface area contributed by atoms with Gasteiger partial charge in [0.1, 0.15) is 0 Å². The highest BCUT2D eigenvalue weighted by Crippen LogP contribution is 2.15. The molecule has 0 aliphatic heterocycles. The average Bonchev–Trinajstić information content (AvgIpc) is 2.68. The Morgan fingerprint density at radius 1 is 1.50 bits per heavy atom. The number of nitrogens with one attached hydrogen (secondary N) is 1. The Kier molecular flexibility index (Phi) is 2.78. The van der Waals surface area contributed by atoms with Gasteiger partial charge in [-0.25, -0.2) is 0 Å². The van der Waals surface area contributed by atoms with E-state index in [2.05, 4.69) is 20.5 Å². The summed E-state index contributed by atoms with van der Waals surface area (Å²) in [5, 5.41) is 10.4. The minimum absolute atomic E-state index is 0.237. The molecule has 0 spiro atoms. The third-order valence-corrected chi connectivity index (χ3v) is 2.64. The van der Waals surface area contributed by atoms with Crippen molar-refractivity contribution in [3.05, 3.63) is 29.0 Å². The molecule has 0 aromatic carbocycles. The van der Waals surface area contributed by atoms with E-state index in [1.807, 2.05) is 6.92 Å². The highest BCUT2D eigenvalue weighted by molar-refractivity contribution is 7.16. The Labute approximate surface area is 95.5 Å². The van der Waals surface area contributed by atoms with Gasteiger partial charge in [-0.2, -0.15) is 0 Å². The summed E-state index contributed by atoms with van der Waals surface area (Å²) in [6, 6.07) is 3.52. The van der Waals surface area contributed by atoms with E-state index >= 15 is 0 Å². The number of aryl methyl sites for hydroxylation is 1. The number of nitrogen functional groups attached to an aromatic ring is 1. The van der Waals surface area contributed by atoms with Crippen molar-refractivity contribution < 1.29 is 4.79 Å². The zero-order chi connectivity index (χ0) is 11.5. The minimum atomic E-state index is -0.328. The number of carbonyl (C=O) groups is 1. The van der Waals surface area contributed by atoms with Gasteiger partial charge in [0.15, 0.2) is 0 Å². The molecule has 3 N–H and O–H groups in total. The molecule has 0 bridgehead atoms. The van der Waals surface area contributed by atoms with Gasteiger partial charge >= 0.3 is 0 Å². The van der Waals surface area contributed by atoms with Crippen LogP contribution >= 0.6 is 11.3 Å². The molecule has 16 heavy (non-hydrogen) atoms. The Morgan fingerprint density at radius 3 is 2.94 bits per heavy atom. The number of rotatable bonds is 2. The van der Waals surface area contributed by atoms with Crippen LogP contribution in [0.4, 0.5) is 10.8 Å². The van der Waals surface area contributed by atoms with Crippen LogP contribution in [0.25, 0.3) is 0 Å². The summed E-state index contributed by atoms with van der Waals surface area (Å²) in [7, 11) is 0. The van der Waals surface area contributed by atoms with Gasteiger partial charge in [-0.05, 0) is 19.1 Å². The van der Waals surface area contributed by atoms with Crippen molar-refractivity contribution in [2.75, 3.05) is 11.1 Å². The Balaban J connectivity index is 2.17. The van der Waals surface area contributed by atoms with E-state index in [0.29, 0.717) is 5.69 Å². The topological polar surface area (TPSA) is 93.8 Å². The molecule has 7 heteroatoms. The number of nitrogens with zero attached hydrogens (tertiary/aromatic N) is 3. The lowest BCUT2D eigenvalue weighted by Crippen LogP contribution is -2.12. The van der Waals surface area contributed by atoms with E-state index in [1.54, 1.807) is 18.3 Å². The SMILES string of the molecule is Cc1ncccc1NC(=O)c1nnc(N)s1. The molecule has 2 aromatic heterocycles. The second-order valence-electron chi connectivity index (χ2n) is 3.04. The third-order valence-electron chi connectivity index (χ3n) is 1.89. The van der Waals surface area contributed by atoms with Crippen LogP contribution in [0.3, 0.4) is 0 Å². The number of anilines is 2. The standard InChI is InChI=1S/C9H9N5OS/c1-5-6(3-2-4-11-5)12-7(15)8-13-14-9(10)16-8/h2-4H,1H3,(H2,10,14)(H,12,15). The van der Waals surface area contributed by atoms with Gasteiger partial charge in [-0.15, -0.1) is 10.2 Å². The molecule has 0 aliphatic carbocycles. The average molecular weight is 235 g/mol. The Hall–Kier alpha value is -2.02. The summed E-state index contributed by atoms with van der Waals surface area (Å²) in [5.74, 6) is -0.328. The van der Waals surface area contributed by atoms with Gasteiger partial charge in [0, 0.05) is 6.20 Å². The Bertz CT molecular complexity index is 524. The summed E-state index contributed by atoms with van der Waals surface area (Å²) in [6.45, 7) is 1.81. The number of hydrogen-bond acceptors (Lipinski definition) is 6. The van der Waals surface area contributed by atoms with Crippen molar-refractivity contribution in [2.24, 2.45) is 0 Å². The number of nitrogens with two attached hydrogens (primary N) is 1. The molecule has 2 rings (SSSR count). The van der Waals surface area contributed by atoms with Crippen LogP contribution in [0.15, 0.2) is 18.3 Å². The monoisotopic (exact) mass is 235 g/mol. The van der Waals surface area contributed by atoms with E-state index in [4.69, 9.17) is 5.73 Å². The maximum absolute atomic E-state index is 11.7. The van der Waals surface area contributed by atoms with Crippen molar-refractivity contribution in [1.29, 1.82) is 0 Å². The van der Waals surface area contributed by atoms with Crippen LogP contribution in [-0.2, 0) is 0 Å². The lowest BCUT2D eigenvalue weighted by molar-refractivity contribution is 0.102. The van der Waals surface area contributed by atoms with Gasteiger partial charge in [0.25, 0.3) is 5.91 Å². The molecular formula is C9H9N5OS. The summed E-state index contributed by atoms with van der Waals surface area (Å²) in [6.07, 6.45) is 1.66. The van der Waals surface area contributed by atoms with Gasteiger partial charge in [0.2, 0.25) is 10.1 Å². The summed E-state index contributed by atoms with van der Waals surface area (Å²) in [4.78, 5) is 15.8. The number of carbonyl (C=O) groups excluding carboxylic acids is 1. The fourth-order valence-electron chi connectivity index (χ4n) is 1.12. The lowest BCUT2D eigenvalue weighted by atomic mass is 10.3. The molecule has 0 aliphatic rings. The highest BCUT2D eigenvalue weighted by atomic mass is 32.1. The van der Waals surface area contributed by atoms with E-state index in [0.717, 1.165) is 17.0 Å². The number of amides is 1. The Morgan fingerprint density at radius 2 is 2.31 bits per heavy atom. The highest BCUT2D eigenvalue weighted by Gasteiger charge is 2.12. The van der Waals surface area contributed by atoms with Crippen LogP contribution in [0.1, 0.15) is 15.5 Å². The summed E-state index contributed by atoms with van der Waals surface area (Å²) in [5.41, 5.74) is 6.79. The molecule has 0 saturated heterocycles. The zero-order valence-electron chi connectivity index (χ0n) is 8.47. The first-order valence-electron chi connectivity index (χ1n) is 4.49. The van der Waals surface area contributed by atoms with Gasteiger partial charge in [0.05, 0.1) is 11.4 Å². The van der Waals surface area contributed by atoms with E-state index in [1.165, 1.54) is 0 Å². The quantitative estimate of drug-likeness (QED) is 0.812. The number of hydrogen-bond donors (Lipinski definition) is 2. The maximum Gasteiger partial charge on any atom is 0.286 e. The predicted octanol–water partition coefficient (Wildman–Crippen LogP) is 1.08. The normalized spacial score (nSPS) is 10.1. The van der Waals surface area contributed by atoms with E-state index in [-0.39, 0.29) is 16.0 Å². The molecule has 2 aromatic rings. The van der Waals surface area contributed by atoms with Crippen LogP contribution < -0.4 is 11.1 Å². The molecule has 82 valence electrons. The van der Waals surface area contributed by atoms with E-state index < -0.39 is 0 Å². The van der Waals surface area contributed by atoms with Crippen LogP contribution in [0, 0.1) is 6.92 Å². The first kappa shape index (κ1) is 10.5. The molecule has 2 heterocycles. The van der Waals surface area contributed by atoms with Crippen molar-refractivity contribution >= 4 is 28.1 Å². The molecule has 0 fully saturated rings. The van der Waals surface area contributed by atoms with Gasteiger partial charge in [-0.1, -0.05) is 11.3 Å². The molecule has 0 atom stereocenters. The maximum atomic E-state index is 11.7. The van der Waals surface area contributed by atoms with Crippen molar-refractivity contribution in [3.8, 4) is 0 Å². The number of pyridine rings is 1. The molecule has 0 radical (unpaired) electrons. The molecule has 0 unspecified atom stereocenters. The fourth-order valence-corrected chi connectivity index (χ4v) is 1.62. The first-order chi connectivity index (χ1) is 7.66. The zero-order valence-corrected chi connectivity index (χ0v) is 9.28. The first-order valence-corrected chi connectivity index (χ1v) is 5.30. The van der Waals surface area contributed by atoms with Crippen LogP contribution in [-0.4, -0.2) is 21.1 Å². The van der Waals surface area contributed by atoms with Gasteiger partial charge in [-0.3, -0.25) is 9.78 Å². The summed E-state index contributed by atoms with van der Waals surface area (Å²) < 4.78 is 0. The second kappa shape index (κ2) is 4.23. The van der Waals surface area contributed by atoms with E-state index in [9.17, 15) is 4.79 Å². The third kappa shape index (κ3) is 2.14. The molecular weight excluding hydrogens is 226 g/mol. The fraction of sp³-hybridized carbons (Fsp3) is 0.111. The van der Waals surface area contributed by atoms with Crippen molar-refractivity contribution in [3.63, 3.8) is 0 Å². The predicted molar refractivity (Wildman–Crippen MR) is 61.2 cm³/mol.